The van der Waals surface area contributed by atoms with E-state index in [0.717, 1.165) is 28.1 Å². The predicted octanol–water partition coefficient (Wildman–Crippen LogP) is 5.84. The normalized spacial score (nSPS) is 11.1. The van der Waals surface area contributed by atoms with Gasteiger partial charge in [-0.1, -0.05) is 48.5 Å². The molecule has 0 spiro atoms. The first kappa shape index (κ1) is 15.8. The molecule has 0 N–H and O–H groups in total. The van der Waals surface area contributed by atoms with Gasteiger partial charge in [-0.25, -0.2) is 4.98 Å². The summed E-state index contributed by atoms with van der Waals surface area (Å²) in [5.41, 5.74) is 4.08. The van der Waals surface area contributed by atoms with Crippen LogP contribution in [0.2, 0.25) is 0 Å². The monoisotopic (exact) mass is 365 g/mol. The predicted molar refractivity (Wildman–Crippen MR) is 111 cm³/mol. The van der Waals surface area contributed by atoms with E-state index in [2.05, 4.69) is 64.2 Å². The van der Waals surface area contributed by atoms with Gasteiger partial charge in [0.25, 0.3) is 0 Å². The van der Waals surface area contributed by atoms with Crippen LogP contribution < -0.4 is 0 Å². The average Bonchev–Trinajstić information content (AvgIpc) is 3.36. The van der Waals surface area contributed by atoms with Gasteiger partial charge in [-0.3, -0.25) is 0 Å². The van der Waals surface area contributed by atoms with Crippen molar-refractivity contribution in [3.05, 3.63) is 89.4 Å². The first-order valence-corrected chi connectivity index (χ1v) is 9.61. The van der Waals surface area contributed by atoms with Crippen LogP contribution >= 0.6 is 11.3 Å². The highest BCUT2D eigenvalue weighted by Crippen LogP contribution is 2.32. The van der Waals surface area contributed by atoms with Crippen molar-refractivity contribution in [2.75, 3.05) is 0 Å². The molecule has 3 nitrogen and oxygen atoms in total. The van der Waals surface area contributed by atoms with Crippen LogP contribution in [0.4, 0.5) is 0 Å². The fourth-order valence-corrected chi connectivity index (χ4v) is 4.28. The molecule has 0 atom stereocenters. The molecule has 0 radical (unpaired) electrons. The molecular formula is C23H15N3S. The molecule has 2 heterocycles. The van der Waals surface area contributed by atoms with E-state index in [1.54, 1.807) is 11.3 Å². The minimum atomic E-state index is 0.672. The highest BCUT2D eigenvalue weighted by molar-refractivity contribution is 7.13. The third-order valence-corrected chi connectivity index (χ3v) is 5.69. The van der Waals surface area contributed by atoms with Gasteiger partial charge in [0.05, 0.1) is 22.8 Å². The van der Waals surface area contributed by atoms with Crippen molar-refractivity contribution in [1.29, 1.82) is 5.26 Å². The van der Waals surface area contributed by atoms with E-state index >= 15 is 0 Å². The van der Waals surface area contributed by atoms with Crippen molar-refractivity contribution in [3.8, 4) is 16.8 Å². The van der Waals surface area contributed by atoms with Crippen LogP contribution in [-0.4, -0.2) is 9.55 Å². The summed E-state index contributed by atoms with van der Waals surface area (Å²) < 4.78 is 2.27. The number of hydrogen-bond donors (Lipinski definition) is 0. The van der Waals surface area contributed by atoms with Gasteiger partial charge in [0.2, 0.25) is 0 Å². The minimum Gasteiger partial charge on any atom is -0.334 e. The molecule has 128 valence electrons. The van der Waals surface area contributed by atoms with Crippen molar-refractivity contribution in [2.24, 2.45) is 0 Å². The molecule has 0 saturated carbocycles. The van der Waals surface area contributed by atoms with Gasteiger partial charge in [0.15, 0.2) is 0 Å². The smallest absolute Gasteiger partial charge is 0.139 e. The molecule has 0 amide bonds. The average molecular weight is 365 g/mol. The van der Waals surface area contributed by atoms with Gasteiger partial charge in [0.1, 0.15) is 5.01 Å². The van der Waals surface area contributed by atoms with Crippen LogP contribution in [0.3, 0.4) is 0 Å². The van der Waals surface area contributed by atoms with Gasteiger partial charge in [-0.15, -0.1) is 11.3 Å². The van der Waals surface area contributed by atoms with Gasteiger partial charge in [-0.2, -0.15) is 5.26 Å². The Morgan fingerprint density at radius 2 is 1.85 bits per heavy atom. The van der Waals surface area contributed by atoms with E-state index in [-0.39, 0.29) is 0 Å². The van der Waals surface area contributed by atoms with E-state index in [0.29, 0.717) is 5.56 Å². The molecule has 0 bridgehead atoms. The Labute approximate surface area is 160 Å². The number of fused-ring (bicyclic) bond motifs is 2. The SMILES string of the molecule is N#Cc1ccc2cc(-c3nccs3)n(Cc3cccc4ccccc34)c2c1. The van der Waals surface area contributed by atoms with E-state index in [9.17, 15) is 5.26 Å². The summed E-state index contributed by atoms with van der Waals surface area (Å²) in [7, 11) is 0. The molecule has 0 aliphatic heterocycles. The van der Waals surface area contributed by atoms with Gasteiger partial charge < -0.3 is 4.57 Å². The van der Waals surface area contributed by atoms with Crippen LogP contribution in [0, 0.1) is 11.3 Å². The van der Waals surface area contributed by atoms with Crippen LogP contribution in [0.5, 0.6) is 0 Å². The number of hydrogen-bond acceptors (Lipinski definition) is 3. The lowest BCUT2D eigenvalue weighted by atomic mass is 10.0. The van der Waals surface area contributed by atoms with Crippen molar-refractivity contribution >= 4 is 33.0 Å². The number of nitriles is 1. The number of rotatable bonds is 3. The molecular weight excluding hydrogens is 350 g/mol. The Hall–Kier alpha value is -3.42. The molecule has 4 heteroatoms. The third-order valence-electron chi connectivity index (χ3n) is 4.89. The number of aromatic nitrogens is 2. The summed E-state index contributed by atoms with van der Waals surface area (Å²) >= 11 is 1.63. The molecule has 2 aromatic heterocycles. The van der Waals surface area contributed by atoms with Crippen molar-refractivity contribution in [3.63, 3.8) is 0 Å². The molecule has 0 aliphatic rings. The molecule has 0 aliphatic carbocycles. The summed E-state index contributed by atoms with van der Waals surface area (Å²) in [6, 6.07) is 25.2. The Morgan fingerprint density at radius 1 is 0.963 bits per heavy atom. The minimum absolute atomic E-state index is 0.672. The molecule has 0 unspecified atom stereocenters. The Kier molecular flexibility index (Phi) is 3.74. The maximum absolute atomic E-state index is 9.34. The molecule has 27 heavy (non-hydrogen) atoms. The van der Waals surface area contributed by atoms with Gasteiger partial charge in [0, 0.05) is 23.5 Å². The zero-order valence-electron chi connectivity index (χ0n) is 14.5. The molecule has 3 aromatic carbocycles. The Morgan fingerprint density at radius 3 is 2.70 bits per heavy atom. The lowest BCUT2D eigenvalue weighted by Crippen LogP contribution is -2.02. The summed E-state index contributed by atoms with van der Waals surface area (Å²) in [6.45, 7) is 0.731. The van der Waals surface area contributed by atoms with Crippen molar-refractivity contribution in [2.45, 2.75) is 6.54 Å². The van der Waals surface area contributed by atoms with E-state index in [1.807, 2.05) is 29.8 Å². The molecule has 0 fully saturated rings. The standard InChI is InChI=1S/C23H15N3S/c24-14-16-8-9-18-13-22(23-25-10-11-27-23)26(21(18)12-16)15-19-6-3-5-17-4-1-2-7-20(17)19/h1-13H,15H2. The zero-order valence-corrected chi connectivity index (χ0v) is 15.3. The summed E-state index contributed by atoms with van der Waals surface area (Å²) in [6.07, 6.45) is 1.83. The second kappa shape index (κ2) is 6.39. The fourth-order valence-electron chi connectivity index (χ4n) is 3.62. The van der Waals surface area contributed by atoms with Gasteiger partial charge in [-0.05, 0) is 34.5 Å². The van der Waals surface area contributed by atoms with Crippen molar-refractivity contribution in [1.82, 2.24) is 9.55 Å². The zero-order chi connectivity index (χ0) is 18.2. The summed E-state index contributed by atoms with van der Waals surface area (Å²) in [4.78, 5) is 4.52. The first-order valence-electron chi connectivity index (χ1n) is 8.73. The number of benzene rings is 3. The highest BCUT2D eigenvalue weighted by atomic mass is 32.1. The number of nitrogens with zero attached hydrogens (tertiary/aromatic N) is 3. The number of thiazole rings is 1. The summed E-state index contributed by atoms with van der Waals surface area (Å²) in [5.74, 6) is 0. The fraction of sp³-hybridized carbons (Fsp3) is 0.0435. The van der Waals surface area contributed by atoms with Crippen molar-refractivity contribution < 1.29 is 0 Å². The summed E-state index contributed by atoms with van der Waals surface area (Å²) in [5, 5.41) is 15.9. The maximum atomic E-state index is 9.34. The molecule has 0 saturated heterocycles. The third kappa shape index (κ3) is 2.69. The van der Waals surface area contributed by atoms with E-state index in [4.69, 9.17) is 0 Å². The maximum Gasteiger partial charge on any atom is 0.139 e. The lowest BCUT2D eigenvalue weighted by Gasteiger charge is -2.12. The quantitative estimate of drug-likeness (QED) is 0.403. The molecule has 5 rings (SSSR count). The Balaban J connectivity index is 1.75. The largest absolute Gasteiger partial charge is 0.334 e. The van der Waals surface area contributed by atoms with Crippen LogP contribution in [0.25, 0.3) is 32.4 Å². The van der Waals surface area contributed by atoms with Crippen LogP contribution in [0.15, 0.2) is 78.3 Å². The second-order valence-corrected chi connectivity index (χ2v) is 7.37. The van der Waals surface area contributed by atoms with Crippen LogP contribution in [-0.2, 0) is 6.54 Å². The second-order valence-electron chi connectivity index (χ2n) is 6.48. The first-order chi connectivity index (χ1) is 13.3. The van der Waals surface area contributed by atoms with E-state index < -0.39 is 0 Å². The highest BCUT2D eigenvalue weighted by Gasteiger charge is 2.14. The topological polar surface area (TPSA) is 41.6 Å². The molecule has 5 aromatic rings. The van der Waals surface area contributed by atoms with E-state index in [1.165, 1.54) is 16.3 Å². The lowest BCUT2D eigenvalue weighted by molar-refractivity contribution is 0.850. The Bertz CT molecular complexity index is 1300. The van der Waals surface area contributed by atoms with Gasteiger partial charge >= 0.3 is 0 Å². The van der Waals surface area contributed by atoms with Crippen LogP contribution in [0.1, 0.15) is 11.1 Å².